The number of esters is 1. The number of benzene rings is 1. The second-order valence-corrected chi connectivity index (χ2v) is 4.08. The molecule has 0 aliphatic carbocycles. The standard InChI is InChI=1S/C14H16N4O2/c1-2-20-14(19)12-7-10(15)3-4-13(12)17-8-11-5-6-16-9-18-11/h3-7,9,17H,2,8,15H2,1H3. The second kappa shape index (κ2) is 6.51. The van der Waals surface area contributed by atoms with E-state index in [9.17, 15) is 4.79 Å². The van der Waals surface area contributed by atoms with Crippen molar-refractivity contribution in [2.75, 3.05) is 17.7 Å². The van der Waals surface area contributed by atoms with Gasteiger partial charge in [-0.1, -0.05) is 0 Å². The molecule has 0 atom stereocenters. The van der Waals surface area contributed by atoms with Crippen LogP contribution >= 0.6 is 0 Å². The lowest BCUT2D eigenvalue weighted by Crippen LogP contribution is -2.11. The van der Waals surface area contributed by atoms with Gasteiger partial charge in [0.15, 0.2) is 0 Å². The first kappa shape index (κ1) is 13.8. The van der Waals surface area contributed by atoms with Gasteiger partial charge in [0.05, 0.1) is 24.4 Å². The van der Waals surface area contributed by atoms with E-state index in [1.165, 1.54) is 6.33 Å². The summed E-state index contributed by atoms with van der Waals surface area (Å²) >= 11 is 0. The van der Waals surface area contributed by atoms with Gasteiger partial charge < -0.3 is 15.8 Å². The van der Waals surface area contributed by atoms with Gasteiger partial charge in [-0.05, 0) is 31.2 Å². The molecule has 3 N–H and O–H groups in total. The molecule has 1 heterocycles. The number of hydrogen-bond acceptors (Lipinski definition) is 6. The topological polar surface area (TPSA) is 90.1 Å². The fourth-order valence-corrected chi connectivity index (χ4v) is 1.70. The molecular weight excluding hydrogens is 256 g/mol. The van der Waals surface area contributed by atoms with Crippen LogP contribution in [0.5, 0.6) is 0 Å². The van der Waals surface area contributed by atoms with E-state index < -0.39 is 5.97 Å². The molecule has 20 heavy (non-hydrogen) atoms. The number of aromatic nitrogens is 2. The second-order valence-electron chi connectivity index (χ2n) is 4.08. The molecule has 2 aromatic rings. The predicted molar refractivity (Wildman–Crippen MR) is 76.2 cm³/mol. The molecule has 0 aliphatic heterocycles. The number of hydrogen-bond donors (Lipinski definition) is 2. The monoisotopic (exact) mass is 272 g/mol. The minimum atomic E-state index is -0.398. The molecule has 0 aliphatic rings. The lowest BCUT2D eigenvalue weighted by atomic mass is 10.1. The molecule has 0 amide bonds. The molecule has 6 heteroatoms. The molecule has 104 valence electrons. The Hall–Kier alpha value is -2.63. The van der Waals surface area contributed by atoms with Gasteiger partial charge >= 0.3 is 5.97 Å². The average Bonchev–Trinajstić information content (AvgIpc) is 2.47. The van der Waals surface area contributed by atoms with Crippen LogP contribution in [0.4, 0.5) is 11.4 Å². The summed E-state index contributed by atoms with van der Waals surface area (Å²) in [5.41, 5.74) is 8.13. The van der Waals surface area contributed by atoms with Crippen molar-refractivity contribution in [3.63, 3.8) is 0 Å². The Labute approximate surface area is 117 Å². The molecule has 0 bridgehead atoms. The Bertz CT molecular complexity index is 587. The highest BCUT2D eigenvalue weighted by molar-refractivity contribution is 5.96. The van der Waals surface area contributed by atoms with E-state index in [4.69, 9.17) is 10.5 Å². The van der Waals surface area contributed by atoms with E-state index in [-0.39, 0.29) is 0 Å². The number of carbonyl (C=O) groups is 1. The highest BCUT2D eigenvalue weighted by atomic mass is 16.5. The number of ether oxygens (including phenoxy) is 1. The van der Waals surface area contributed by atoms with Gasteiger partial charge in [0, 0.05) is 17.6 Å². The largest absolute Gasteiger partial charge is 0.462 e. The van der Waals surface area contributed by atoms with Crippen molar-refractivity contribution in [1.82, 2.24) is 9.97 Å². The van der Waals surface area contributed by atoms with Crippen LogP contribution in [0.15, 0.2) is 36.8 Å². The van der Waals surface area contributed by atoms with E-state index >= 15 is 0 Å². The average molecular weight is 272 g/mol. The molecule has 0 saturated carbocycles. The molecule has 0 fully saturated rings. The van der Waals surface area contributed by atoms with Crippen LogP contribution in [-0.2, 0) is 11.3 Å². The van der Waals surface area contributed by atoms with E-state index in [1.807, 2.05) is 0 Å². The summed E-state index contributed by atoms with van der Waals surface area (Å²) in [6.45, 7) is 2.57. The SMILES string of the molecule is CCOC(=O)c1cc(N)ccc1NCc1ccncn1. The minimum Gasteiger partial charge on any atom is -0.462 e. The molecule has 0 saturated heterocycles. The van der Waals surface area contributed by atoms with Crippen molar-refractivity contribution < 1.29 is 9.53 Å². The molecule has 1 aromatic carbocycles. The van der Waals surface area contributed by atoms with Gasteiger partial charge in [0.2, 0.25) is 0 Å². The minimum absolute atomic E-state index is 0.318. The van der Waals surface area contributed by atoms with Gasteiger partial charge in [0.1, 0.15) is 6.33 Å². The summed E-state index contributed by atoms with van der Waals surface area (Å²) < 4.78 is 5.02. The normalized spacial score (nSPS) is 10.1. The molecule has 0 unspecified atom stereocenters. The van der Waals surface area contributed by atoms with Crippen molar-refractivity contribution in [2.45, 2.75) is 13.5 Å². The molecular formula is C14H16N4O2. The van der Waals surface area contributed by atoms with E-state index in [2.05, 4.69) is 15.3 Å². The highest BCUT2D eigenvalue weighted by Crippen LogP contribution is 2.20. The smallest absolute Gasteiger partial charge is 0.340 e. The number of rotatable bonds is 5. The lowest BCUT2D eigenvalue weighted by molar-refractivity contribution is 0.0527. The van der Waals surface area contributed by atoms with Gasteiger partial charge in [-0.15, -0.1) is 0 Å². The fraction of sp³-hybridized carbons (Fsp3) is 0.214. The first-order valence-electron chi connectivity index (χ1n) is 6.26. The number of carbonyl (C=O) groups excluding carboxylic acids is 1. The van der Waals surface area contributed by atoms with Crippen molar-refractivity contribution in [3.8, 4) is 0 Å². The molecule has 0 radical (unpaired) electrons. The van der Waals surface area contributed by atoms with Crippen molar-refractivity contribution in [3.05, 3.63) is 48.0 Å². The van der Waals surface area contributed by atoms with E-state index in [0.717, 1.165) is 5.69 Å². The predicted octanol–water partition coefficient (Wildman–Crippen LogP) is 1.85. The molecule has 1 aromatic heterocycles. The molecule has 0 spiro atoms. The third kappa shape index (κ3) is 3.44. The summed E-state index contributed by atoms with van der Waals surface area (Å²) in [7, 11) is 0. The number of nitrogens with zero attached hydrogens (tertiary/aromatic N) is 2. The number of nitrogen functional groups attached to an aromatic ring is 1. The summed E-state index contributed by atoms with van der Waals surface area (Å²) in [6, 6.07) is 6.88. The zero-order valence-corrected chi connectivity index (χ0v) is 11.2. The summed E-state index contributed by atoms with van der Waals surface area (Å²) in [4.78, 5) is 19.8. The van der Waals surface area contributed by atoms with E-state index in [1.54, 1.807) is 37.4 Å². The maximum atomic E-state index is 11.9. The first-order chi connectivity index (χ1) is 9.70. The first-order valence-corrected chi connectivity index (χ1v) is 6.26. The zero-order chi connectivity index (χ0) is 14.4. The molecule has 2 rings (SSSR count). The Morgan fingerprint density at radius 3 is 2.95 bits per heavy atom. The van der Waals surface area contributed by atoms with Gasteiger partial charge in [-0.3, -0.25) is 0 Å². The number of nitrogens with one attached hydrogen (secondary N) is 1. The Morgan fingerprint density at radius 1 is 1.40 bits per heavy atom. The Kier molecular flexibility index (Phi) is 4.49. The zero-order valence-electron chi connectivity index (χ0n) is 11.2. The van der Waals surface area contributed by atoms with E-state index in [0.29, 0.717) is 30.1 Å². The Balaban J connectivity index is 2.16. The third-order valence-corrected chi connectivity index (χ3v) is 2.64. The van der Waals surface area contributed by atoms with Gasteiger partial charge in [-0.25, -0.2) is 14.8 Å². The summed E-state index contributed by atoms with van der Waals surface area (Å²) in [6.07, 6.45) is 3.14. The fourth-order valence-electron chi connectivity index (χ4n) is 1.70. The van der Waals surface area contributed by atoms with Crippen LogP contribution in [0.3, 0.4) is 0 Å². The van der Waals surface area contributed by atoms with Gasteiger partial charge in [0.25, 0.3) is 0 Å². The van der Waals surface area contributed by atoms with Crippen LogP contribution in [-0.4, -0.2) is 22.5 Å². The van der Waals surface area contributed by atoms with Crippen molar-refractivity contribution in [2.24, 2.45) is 0 Å². The molecule has 6 nitrogen and oxygen atoms in total. The quantitative estimate of drug-likeness (QED) is 0.637. The number of anilines is 2. The highest BCUT2D eigenvalue weighted by Gasteiger charge is 2.13. The van der Waals surface area contributed by atoms with Crippen LogP contribution in [0, 0.1) is 0 Å². The Morgan fingerprint density at radius 2 is 2.25 bits per heavy atom. The van der Waals surface area contributed by atoms with Gasteiger partial charge in [-0.2, -0.15) is 0 Å². The summed E-state index contributed by atoms with van der Waals surface area (Å²) in [5, 5.41) is 3.15. The third-order valence-electron chi connectivity index (χ3n) is 2.64. The van der Waals surface area contributed by atoms with Crippen LogP contribution < -0.4 is 11.1 Å². The summed E-state index contributed by atoms with van der Waals surface area (Å²) in [5.74, 6) is -0.398. The lowest BCUT2D eigenvalue weighted by Gasteiger charge is -2.11. The van der Waals surface area contributed by atoms with Crippen LogP contribution in [0.1, 0.15) is 23.0 Å². The van der Waals surface area contributed by atoms with Crippen molar-refractivity contribution in [1.29, 1.82) is 0 Å². The van der Waals surface area contributed by atoms with Crippen LogP contribution in [0.25, 0.3) is 0 Å². The van der Waals surface area contributed by atoms with Crippen molar-refractivity contribution >= 4 is 17.3 Å². The number of nitrogens with two attached hydrogens (primary N) is 1. The maximum Gasteiger partial charge on any atom is 0.340 e. The maximum absolute atomic E-state index is 11.9. The van der Waals surface area contributed by atoms with Crippen LogP contribution in [0.2, 0.25) is 0 Å².